The van der Waals surface area contributed by atoms with E-state index >= 15 is 0 Å². The molecule has 0 radical (unpaired) electrons. The Morgan fingerprint density at radius 1 is 0.680 bits per heavy atom. The van der Waals surface area contributed by atoms with Gasteiger partial charge in [0.2, 0.25) is 0 Å². The fourth-order valence-electron chi connectivity index (χ4n) is 2.00. The molecule has 0 aliphatic rings. The van der Waals surface area contributed by atoms with E-state index in [9.17, 15) is 10.4 Å². The quantitative estimate of drug-likeness (QED) is 0.492. The SMILES string of the molecule is [O-]N(O)c1ccccc1OCCOCCOc1ccccc1N([O-])O. The molecule has 9 nitrogen and oxygen atoms in total. The lowest BCUT2D eigenvalue weighted by atomic mass is 10.3. The Balaban J connectivity index is 1.66. The zero-order valence-corrected chi connectivity index (χ0v) is 13.3. The topological polar surface area (TPSA) is 121 Å². The van der Waals surface area contributed by atoms with Crippen LogP contribution in [0, 0.1) is 10.4 Å². The lowest BCUT2D eigenvalue weighted by Gasteiger charge is -2.24. The smallest absolute Gasteiger partial charge is 0.144 e. The minimum Gasteiger partial charge on any atom is -0.733 e. The van der Waals surface area contributed by atoms with Crippen molar-refractivity contribution in [2.75, 3.05) is 36.9 Å². The molecule has 2 aromatic carbocycles. The molecule has 0 heterocycles. The van der Waals surface area contributed by atoms with Crippen LogP contribution in [0.4, 0.5) is 11.4 Å². The molecule has 0 atom stereocenters. The number of benzene rings is 2. The fourth-order valence-corrected chi connectivity index (χ4v) is 2.00. The lowest BCUT2D eigenvalue weighted by molar-refractivity contribution is 0.0762. The molecular formula is C16H18N2O7-2. The molecule has 0 unspecified atom stereocenters. The van der Waals surface area contributed by atoms with Crippen molar-refractivity contribution in [3.8, 4) is 11.5 Å². The van der Waals surface area contributed by atoms with E-state index in [2.05, 4.69) is 0 Å². The number of ether oxygens (including phenoxy) is 3. The van der Waals surface area contributed by atoms with Gasteiger partial charge in [0, 0.05) is 0 Å². The molecule has 0 spiro atoms. The Kier molecular flexibility index (Phi) is 7.26. The van der Waals surface area contributed by atoms with Crippen LogP contribution in [-0.4, -0.2) is 36.8 Å². The molecule has 0 saturated heterocycles. The Morgan fingerprint density at radius 2 is 1.08 bits per heavy atom. The minimum atomic E-state index is -0.262. The summed E-state index contributed by atoms with van der Waals surface area (Å²) in [6.45, 7) is 0.813. The Hall–Kier alpha value is -2.56. The average molecular weight is 350 g/mol. The lowest BCUT2D eigenvalue weighted by Crippen LogP contribution is -2.15. The predicted molar refractivity (Wildman–Crippen MR) is 90.0 cm³/mol. The van der Waals surface area contributed by atoms with Gasteiger partial charge in [-0.1, -0.05) is 24.3 Å². The summed E-state index contributed by atoms with van der Waals surface area (Å²) in [4.78, 5) is 0. The molecule has 0 bridgehead atoms. The normalized spacial score (nSPS) is 10.4. The first-order chi connectivity index (χ1) is 12.1. The van der Waals surface area contributed by atoms with Crippen LogP contribution in [0.5, 0.6) is 11.5 Å². The van der Waals surface area contributed by atoms with Crippen LogP contribution in [0.15, 0.2) is 48.5 Å². The molecule has 25 heavy (non-hydrogen) atoms. The van der Waals surface area contributed by atoms with Crippen LogP contribution in [-0.2, 0) is 4.74 Å². The number of hydrogen-bond acceptors (Lipinski definition) is 9. The molecule has 0 aromatic heterocycles. The van der Waals surface area contributed by atoms with E-state index in [1.807, 2.05) is 0 Å². The first-order valence-electron chi connectivity index (χ1n) is 7.43. The summed E-state index contributed by atoms with van der Waals surface area (Å²) in [6, 6.07) is 12.5. The van der Waals surface area contributed by atoms with Gasteiger partial charge in [-0.25, -0.2) is 0 Å². The summed E-state index contributed by atoms with van der Waals surface area (Å²) < 4.78 is 16.1. The van der Waals surface area contributed by atoms with Gasteiger partial charge in [0.1, 0.15) is 24.7 Å². The second-order valence-electron chi connectivity index (χ2n) is 4.79. The van der Waals surface area contributed by atoms with Gasteiger partial charge in [-0.05, 0) is 24.3 Å². The summed E-state index contributed by atoms with van der Waals surface area (Å²) in [6.07, 6.45) is 0. The van der Waals surface area contributed by atoms with E-state index in [4.69, 9.17) is 24.6 Å². The maximum Gasteiger partial charge on any atom is 0.144 e. The number of anilines is 2. The van der Waals surface area contributed by atoms with Crippen molar-refractivity contribution in [2.45, 2.75) is 0 Å². The molecule has 2 rings (SSSR count). The van der Waals surface area contributed by atoms with E-state index in [1.54, 1.807) is 36.4 Å². The highest BCUT2D eigenvalue weighted by Crippen LogP contribution is 2.27. The van der Waals surface area contributed by atoms with Crippen molar-refractivity contribution >= 4 is 11.4 Å². The van der Waals surface area contributed by atoms with Crippen LogP contribution < -0.4 is 19.9 Å². The highest BCUT2D eigenvalue weighted by molar-refractivity contribution is 5.57. The average Bonchev–Trinajstić information content (AvgIpc) is 2.61. The first kappa shape index (κ1) is 18.8. The molecule has 0 amide bonds. The second kappa shape index (κ2) is 9.67. The number of rotatable bonds is 10. The number of para-hydroxylation sites is 4. The van der Waals surface area contributed by atoms with E-state index in [-0.39, 0.29) is 59.8 Å². The van der Waals surface area contributed by atoms with Crippen molar-refractivity contribution in [1.29, 1.82) is 0 Å². The van der Waals surface area contributed by atoms with Crippen LogP contribution in [0.2, 0.25) is 0 Å². The van der Waals surface area contributed by atoms with Crippen molar-refractivity contribution < 1.29 is 24.6 Å². The molecule has 136 valence electrons. The number of hydrogen-bond donors (Lipinski definition) is 2. The molecule has 0 aliphatic carbocycles. The summed E-state index contributed by atoms with van der Waals surface area (Å²) >= 11 is 0. The van der Waals surface area contributed by atoms with Crippen molar-refractivity contribution in [2.24, 2.45) is 0 Å². The third kappa shape index (κ3) is 5.78. The van der Waals surface area contributed by atoms with Gasteiger partial charge in [-0.15, -0.1) is 0 Å². The predicted octanol–water partition coefficient (Wildman–Crippen LogP) is 2.55. The molecular weight excluding hydrogens is 332 g/mol. The summed E-state index contributed by atoms with van der Waals surface area (Å²) in [5, 5.41) is 39.3. The maximum absolute atomic E-state index is 11.0. The highest BCUT2D eigenvalue weighted by Gasteiger charge is 2.04. The van der Waals surface area contributed by atoms with Crippen LogP contribution in [0.1, 0.15) is 0 Å². The Morgan fingerprint density at radius 3 is 1.48 bits per heavy atom. The zero-order chi connectivity index (χ0) is 18.1. The van der Waals surface area contributed by atoms with Gasteiger partial charge in [-0.3, -0.25) is 10.4 Å². The summed E-state index contributed by atoms with van der Waals surface area (Å²) in [5.41, 5.74) is 0.0159. The second-order valence-corrected chi connectivity index (χ2v) is 4.79. The molecule has 0 saturated carbocycles. The van der Waals surface area contributed by atoms with Gasteiger partial charge in [0.15, 0.2) is 0 Å². The zero-order valence-electron chi connectivity index (χ0n) is 13.3. The van der Waals surface area contributed by atoms with E-state index < -0.39 is 0 Å². The molecule has 9 heteroatoms. The largest absolute Gasteiger partial charge is 0.733 e. The van der Waals surface area contributed by atoms with Gasteiger partial charge in [0.05, 0.1) is 24.6 Å². The first-order valence-corrected chi connectivity index (χ1v) is 7.43. The Bertz CT molecular complexity index is 596. The van der Waals surface area contributed by atoms with Gasteiger partial charge >= 0.3 is 0 Å². The van der Waals surface area contributed by atoms with Gasteiger partial charge < -0.3 is 35.1 Å². The number of nitrogens with zero attached hydrogens (tertiary/aromatic N) is 2. The molecule has 2 aromatic rings. The highest BCUT2D eigenvalue weighted by atomic mass is 16.8. The molecule has 0 aliphatic heterocycles. The standard InChI is InChI=1S/C16H18N2O7/c19-17(20)13-5-1-3-7-15(13)24-11-9-23-10-12-25-16-8-4-2-6-14(16)18(21)22/h1-8,19,21H,9-12H2/q-2. The fraction of sp³-hybridized carbons (Fsp3) is 0.250. The maximum atomic E-state index is 11.0. The van der Waals surface area contributed by atoms with Gasteiger partial charge in [0.25, 0.3) is 0 Å². The van der Waals surface area contributed by atoms with Crippen molar-refractivity contribution in [3.63, 3.8) is 0 Å². The third-order valence-electron chi connectivity index (χ3n) is 3.11. The van der Waals surface area contributed by atoms with E-state index in [0.29, 0.717) is 0 Å². The minimum absolute atomic E-state index is 0.00797. The van der Waals surface area contributed by atoms with E-state index in [1.165, 1.54) is 12.1 Å². The summed E-state index contributed by atoms with van der Waals surface area (Å²) in [7, 11) is 0. The van der Waals surface area contributed by atoms with Crippen molar-refractivity contribution in [1.82, 2.24) is 0 Å². The van der Waals surface area contributed by atoms with Crippen LogP contribution in [0.3, 0.4) is 0 Å². The van der Waals surface area contributed by atoms with Crippen LogP contribution >= 0.6 is 0 Å². The Labute approximate surface area is 144 Å². The summed E-state index contributed by atoms with van der Waals surface area (Å²) in [5.74, 6) is 0.486. The van der Waals surface area contributed by atoms with Crippen LogP contribution in [0.25, 0.3) is 0 Å². The third-order valence-corrected chi connectivity index (χ3v) is 3.11. The monoisotopic (exact) mass is 350 g/mol. The molecule has 0 fully saturated rings. The van der Waals surface area contributed by atoms with Crippen molar-refractivity contribution in [3.05, 3.63) is 58.9 Å². The molecule has 2 N–H and O–H groups in total. The van der Waals surface area contributed by atoms with Gasteiger partial charge in [-0.2, -0.15) is 0 Å². The van der Waals surface area contributed by atoms with E-state index in [0.717, 1.165) is 0 Å².